The van der Waals surface area contributed by atoms with Gasteiger partial charge in [-0.1, -0.05) is 31.3 Å². The van der Waals surface area contributed by atoms with Gasteiger partial charge in [0.05, 0.1) is 21.3 Å². The van der Waals surface area contributed by atoms with Crippen molar-refractivity contribution in [2.45, 2.75) is 38.3 Å². The van der Waals surface area contributed by atoms with Gasteiger partial charge < -0.3 is 14.2 Å². The van der Waals surface area contributed by atoms with Crippen LogP contribution in [0.15, 0.2) is 41.4 Å². The summed E-state index contributed by atoms with van der Waals surface area (Å²) in [5.41, 5.74) is 0.599. The zero-order valence-electron chi connectivity index (χ0n) is 19.2. The fourth-order valence-electron chi connectivity index (χ4n) is 4.60. The predicted octanol–water partition coefficient (Wildman–Crippen LogP) is 5.03. The Bertz CT molecular complexity index is 1100. The van der Waals surface area contributed by atoms with Crippen molar-refractivity contribution >= 4 is 28.8 Å². The summed E-state index contributed by atoms with van der Waals surface area (Å²) in [6, 6.07) is 9.39. The van der Waals surface area contributed by atoms with Gasteiger partial charge in [0.1, 0.15) is 22.2 Å². The van der Waals surface area contributed by atoms with Gasteiger partial charge in [-0.15, -0.1) is 0 Å². The van der Waals surface area contributed by atoms with E-state index in [-0.39, 0.29) is 11.7 Å². The van der Waals surface area contributed by atoms with E-state index in [0.29, 0.717) is 57.8 Å². The summed E-state index contributed by atoms with van der Waals surface area (Å²) in [5, 5.41) is 0. The van der Waals surface area contributed by atoms with Crippen LogP contribution in [0.3, 0.4) is 0 Å². The number of halogens is 1. The van der Waals surface area contributed by atoms with Gasteiger partial charge in [-0.3, -0.25) is 14.7 Å². The SMILES string of the molecule is COc1cc(C(=O)N2C(=S)C(c3cccc(F)c3)=NC23CCC(C)CC3)cc(OC)c1OC. The number of carbonyl (C=O) groups excluding carboxylic acids is 1. The molecule has 0 saturated heterocycles. The van der Waals surface area contributed by atoms with Gasteiger partial charge >= 0.3 is 0 Å². The van der Waals surface area contributed by atoms with Crippen molar-refractivity contribution in [1.82, 2.24) is 4.90 Å². The molecule has 1 amide bonds. The molecule has 1 fully saturated rings. The molecule has 2 aromatic rings. The number of aliphatic imine (C=N–C) groups is 1. The normalized spacial score (nSPS) is 22.3. The molecular weight excluding hydrogens is 443 g/mol. The molecule has 0 bridgehead atoms. The van der Waals surface area contributed by atoms with Crippen molar-refractivity contribution < 1.29 is 23.4 Å². The maximum absolute atomic E-state index is 14.0. The zero-order chi connectivity index (χ0) is 23.8. The molecule has 6 nitrogen and oxygen atoms in total. The van der Waals surface area contributed by atoms with Crippen LogP contribution >= 0.6 is 12.2 Å². The average molecular weight is 471 g/mol. The van der Waals surface area contributed by atoms with Gasteiger partial charge in [-0.25, -0.2) is 4.39 Å². The Morgan fingerprint density at radius 1 is 1.09 bits per heavy atom. The second kappa shape index (κ2) is 9.09. The Balaban J connectivity index is 1.80. The Morgan fingerprint density at radius 3 is 2.27 bits per heavy atom. The number of rotatable bonds is 5. The number of hydrogen-bond acceptors (Lipinski definition) is 6. The first-order valence-electron chi connectivity index (χ1n) is 10.9. The van der Waals surface area contributed by atoms with Crippen LogP contribution in [0, 0.1) is 11.7 Å². The van der Waals surface area contributed by atoms with Crippen LogP contribution < -0.4 is 14.2 Å². The maximum atomic E-state index is 14.0. The third kappa shape index (κ3) is 4.08. The number of benzene rings is 2. The van der Waals surface area contributed by atoms with Gasteiger partial charge in [0, 0.05) is 11.1 Å². The van der Waals surface area contributed by atoms with Gasteiger partial charge in [-0.05, 0) is 55.9 Å². The number of ether oxygens (including phenoxy) is 3. The third-order valence-electron chi connectivity index (χ3n) is 6.43. The molecule has 1 heterocycles. The number of thiocarbonyl (C=S) groups is 1. The molecule has 0 N–H and O–H groups in total. The van der Waals surface area contributed by atoms with E-state index in [4.69, 9.17) is 31.4 Å². The lowest BCUT2D eigenvalue weighted by Gasteiger charge is -2.40. The van der Waals surface area contributed by atoms with Crippen molar-refractivity contribution in [3.63, 3.8) is 0 Å². The van der Waals surface area contributed by atoms with E-state index in [0.717, 1.165) is 12.8 Å². The first-order valence-corrected chi connectivity index (χ1v) is 11.3. The van der Waals surface area contributed by atoms with E-state index >= 15 is 0 Å². The maximum Gasteiger partial charge on any atom is 0.261 e. The van der Waals surface area contributed by atoms with E-state index in [1.807, 2.05) is 0 Å². The fourth-order valence-corrected chi connectivity index (χ4v) is 5.02. The third-order valence-corrected chi connectivity index (χ3v) is 6.81. The minimum absolute atomic E-state index is 0.300. The van der Waals surface area contributed by atoms with Crippen LogP contribution in [0.5, 0.6) is 17.2 Å². The van der Waals surface area contributed by atoms with E-state index in [2.05, 4.69) is 6.92 Å². The highest BCUT2D eigenvalue weighted by Gasteiger charge is 2.50. The second-order valence-electron chi connectivity index (χ2n) is 8.50. The van der Waals surface area contributed by atoms with Crippen molar-refractivity contribution in [2.75, 3.05) is 21.3 Å². The molecule has 2 aromatic carbocycles. The lowest BCUT2D eigenvalue weighted by atomic mass is 9.82. The number of carbonyl (C=O) groups is 1. The number of methoxy groups -OCH3 is 3. The van der Waals surface area contributed by atoms with Crippen LogP contribution in [-0.2, 0) is 0 Å². The van der Waals surface area contributed by atoms with Crippen LogP contribution in [0.2, 0.25) is 0 Å². The Morgan fingerprint density at radius 2 is 1.73 bits per heavy atom. The van der Waals surface area contributed by atoms with Crippen LogP contribution in [-0.4, -0.2) is 48.5 Å². The molecule has 1 spiro atoms. The van der Waals surface area contributed by atoms with Crippen LogP contribution in [0.1, 0.15) is 48.5 Å². The van der Waals surface area contributed by atoms with Gasteiger partial charge in [0.2, 0.25) is 5.75 Å². The smallest absolute Gasteiger partial charge is 0.261 e. The van der Waals surface area contributed by atoms with Gasteiger partial charge in [-0.2, -0.15) is 0 Å². The number of amides is 1. The summed E-state index contributed by atoms with van der Waals surface area (Å²) in [6.45, 7) is 2.20. The second-order valence-corrected chi connectivity index (χ2v) is 8.88. The molecule has 2 aliphatic rings. The number of nitrogens with zero attached hydrogens (tertiary/aromatic N) is 2. The largest absolute Gasteiger partial charge is 0.493 e. The van der Waals surface area contributed by atoms with Crippen molar-refractivity contribution in [2.24, 2.45) is 10.9 Å². The van der Waals surface area contributed by atoms with Crippen molar-refractivity contribution in [3.05, 3.63) is 53.3 Å². The summed E-state index contributed by atoms with van der Waals surface area (Å²) in [5.74, 6) is 1.02. The van der Waals surface area contributed by atoms with Crippen LogP contribution in [0.25, 0.3) is 0 Å². The highest BCUT2D eigenvalue weighted by atomic mass is 32.1. The molecule has 174 valence electrons. The summed E-state index contributed by atoms with van der Waals surface area (Å²) in [7, 11) is 4.51. The predicted molar refractivity (Wildman–Crippen MR) is 128 cm³/mol. The average Bonchev–Trinajstić information content (AvgIpc) is 3.11. The molecule has 0 unspecified atom stereocenters. The molecule has 4 rings (SSSR count). The molecular formula is C25H27FN2O4S. The van der Waals surface area contributed by atoms with Crippen molar-refractivity contribution in [3.8, 4) is 17.2 Å². The lowest BCUT2D eigenvalue weighted by molar-refractivity contribution is 0.0612. The van der Waals surface area contributed by atoms with E-state index in [1.54, 1.807) is 29.2 Å². The van der Waals surface area contributed by atoms with Gasteiger partial charge in [0.15, 0.2) is 11.5 Å². The monoisotopic (exact) mass is 470 g/mol. The Kier molecular flexibility index (Phi) is 6.38. The standard InChI is InChI=1S/C25H27FN2O4S/c1-15-8-10-25(11-9-15)27-21(16-6-5-7-18(26)12-16)24(33)28(25)23(29)17-13-19(30-2)22(32-4)20(14-17)31-3/h5-7,12-15H,8-11H2,1-4H3. The summed E-state index contributed by atoms with van der Waals surface area (Å²) >= 11 is 5.78. The summed E-state index contributed by atoms with van der Waals surface area (Å²) in [6.07, 6.45) is 3.20. The Hall–Kier alpha value is -3.00. The highest BCUT2D eigenvalue weighted by Crippen LogP contribution is 2.44. The Labute approximate surface area is 198 Å². The fraction of sp³-hybridized carbons (Fsp3) is 0.400. The molecule has 8 heteroatoms. The lowest BCUT2D eigenvalue weighted by Crippen LogP contribution is -2.51. The van der Waals surface area contributed by atoms with E-state index in [1.165, 1.54) is 33.5 Å². The quantitative estimate of drug-likeness (QED) is 0.574. The minimum Gasteiger partial charge on any atom is -0.493 e. The van der Waals surface area contributed by atoms with E-state index < -0.39 is 5.66 Å². The first-order chi connectivity index (χ1) is 15.8. The first kappa shape index (κ1) is 23.2. The summed E-state index contributed by atoms with van der Waals surface area (Å²) in [4.78, 5) is 20.8. The molecule has 1 saturated carbocycles. The zero-order valence-corrected chi connectivity index (χ0v) is 20.0. The summed E-state index contributed by atoms with van der Waals surface area (Å²) < 4.78 is 30.2. The molecule has 0 atom stereocenters. The number of hydrogen-bond donors (Lipinski definition) is 0. The molecule has 1 aliphatic heterocycles. The minimum atomic E-state index is -0.789. The van der Waals surface area contributed by atoms with Crippen LogP contribution in [0.4, 0.5) is 4.39 Å². The molecule has 0 aromatic heterocycles. The topological polar surface area (TPSA) is 60.4 Å². The van der Waals surface area contributed by atoms with E-state index in [9.17, 15) is 9.18 Å². The van der Waals surface area contributed by atoms with Gasteiger partial charge in [0.25, 0.3) is 5.91 Å². The van der Waals surface area contributed by atoms with Crippen molar-refractivity contribution in [1.29, 1.82) is 0 Å². The molecule has 33 heavy (non-hydrogen) atoms. The highest BCUT2D eigenvalue weighted by molar-refractivity contribution is 7.82. The molecule has 0 radical (unpaired) electrons. The molecule has 1 aliphatic carbocycles.